The zero-order valence-corrected chi connectivity index (χ0v) is 13.8. The number of hydrogen-bond donors (Lipinski definition) is 0. The number of ether oxygens (including phenoxy) is 2. The highest BCUT2D eigenvalue weighted by atomic mass is 35.5. The van der Waals surface area contributed by atoms with Crippen LogP contribution in [0, 0.1) is 0 Å². The van der Waals surface area contributed by atoms with Crippen LogP contribution in [0.15, 0.2) is 48.7 Å². The summed E-state index contributed by atoms with van der Waals surface area (Å²) in [6.07, 6.45) is 1.50. The average Bonchev–Trinajstić information content (AvgIpc) is 2.92. The van der Waals surface area contributed by atoms with Gasteiger partial charge in [0, 0.05) is 29.0 Å². The molecule has 0 saturated carbocycles. The van der Waals surface area contributed by atoms with Crippen molar-refractivity contribution in [1.82, 2.24) is 4.57 Å². The van der Waals surface area contributed by atoms with Gasteiger partial charge in [-0.25, -0.2) is 0 Å². The number of fused-ring (bicyclic) bond motifs is 1. The van der Waals surface area contributed by atoms with Gasteiger partial charge in [0.1, 0.15) is 5.75 Å². The Morgan fingerprint density at radius 1 is 1.08 bits per heavy atom. The molecule has 0 fully saturated rings. The molecule has 0 bridgehead atoms. The van der Waals surface area contributed by atoms with Crippen molar-refractivity contribution in [1.29, 1.82) is 0 Å². The monoisotopic (exact) mass is 343 g/mol. The van der Waals surface area contributed by atoms with Crippen molar-refractivity contribution in [2.75, 3.05) is 7.11 Å². The van der Waals surface area contributed by atoms with Crippen molar-refractivity contribution in [3.8, 4) is 11.5 Å². The van der Waals surface area contributed by atoms with Crippen molar-refractivity contribution >= 4 is 34.4 Å². The van der Waals surface area contributed by atoms with Crippen LogP contribution in [0.2, 0.25) is 5.02 Å². The number of aromatic nitrogens is 1. The van der Waals surface area contributed by atoms with E-state index in [1.165, 1.54) is 17.7 Å². The third kappa shape index (κ3) is 2.98. The number of carbonyl (C=O) groups is 2. The molecule has 0 aliphatic heterocycles. The van der Waals surface area contributed by atoms with Gasteiger partial charge in [-0.1, -0.05) is 11.6 Å². The SMILES string of the molecule is COc1ccc2c(OC(C)=O)cn(C(=O)c3ccc(Cl)cc3)c2c1. The van der Waals surface area contributed by atoms with Gasteiger partial charge in [-0.05, 0) is 36.4 Å². The van der Waals surface area contributed by atoms with Crippen molar-refractivity contribution in [2.24, 2.45) is 0 Å². The van der Waals surface area contributed by atoms with E-state index in [9.17, 15) is 9.59 Å². The lowest BCUT2D eigenvalue weighted by molar-refractivity contribution is -0.131. The quantitative estimate of drug-likeness (QED) is 0.676. The predicted octanol–water partition coefficient (Wildman–Crippen LogP) is 3.92. The van der Waals surface area contributed by atoms with Crippen LogP contribution in [0.4, 0.5) is 0 Å². The van der Waals surface area contributed by atoms with Crippen LogP contribution in [0.25, 0.3) is 10.9 Å². The lowest BCUT2D eigenvalue weighted by Crippen LogP contribution is -2.10. The van der Waals surface area contributed by atoms with Crippen LogP contribution in [0.3, 0.4) is 0 Å². The number of benzene rings is 2. The van der Waals surface area contributed by atoms with E-state index in [0.717, 1.165) is 0 Å². The first-order valence-electron chi connectivity index (χ1n) is 7.17. The number of halogens is 1. The minimum Gasteiger partial charge on any atom is -0.497 e. The molecule has 0 saturated heterocycles. The molecule has 0 atom stereocenters. The number of rotatable bonds is 3. The van der Waals surface area contributed by atoms with E-state index < -0.39 is 5.97 Å². The van der Waals surface area contributed by atoms with Gasteiger partial charge in [-0.3, -0.25) is 14.2 Å². The average molecular weight is 344 g/mol. The van der Waals surface area contributed by atoms with E-state index in [4.69, 9.17) is 21.1 Å². The highest BCUT2D eigenvalue weighted by Gasteiger charge is 2.18. The topological polar surface area (TPSA) is 57.5 Å². The Hall–Kier alpha value is -2.79. The number of nitrogens with zero attached hydrogens (tertiary/aromatic N) is 1. The van der Waals surface area contributed by atoms with E-state index in [1.807, 2.05) is 0 Å². The molecule has 0 unspecified atom stereocenters. The Labute approximate surface area is 143 Å². The first-order valence-corrected chi connectivity index (χ1v) is 7.55. The fraction of sp³-hybridized carbons (Fsp3) is 0.111. The maximum atomic E-state index is 12.8. The number of esters is 1. The van der Waals surface area contributed by atoms with E-state index in [1.54, 1.807) is 49.6 Å². The summed E-state index contributed by atoms with van der Waals surface area (Å²) in [4.78, 5) is 24.1. The largest absolute Gasteiger partial charge is 0.497 e. The molecule has 5 nitrogen and oxygen atoms in total. The van der Waals surface area contributed by atoms with E-state index in [2.05, 4.69) is 0 Å². The predicted molar refractivity (Wildman–Crippen MR) is 91.0 cm³/mol. The molecule has 6 heteroatoms. The molecule has 1 heterocycles. The summed E-state index contributed by atoms with van der Waals surface area (Å²) in [6, 6.07) is 11.8. The Morgan fingerprint density at radius 3 is 2.42 bits per heavy atom. The van der Waals surface area contributed by atoms with Crippen LogP contribution in [0.1, 0.15) is 17.3 Å². The summed E-state index contributed by atoms with van der Waals surface area (Å²) in [7, 11) is 1.54. The molecular weight excluding hydrogens is 330 g/mol. The van der Waals surface area contributed by atoms with Gasteiger partial charge >= 0.3 is 5.97 Å². The molecule has 3 aromatic rings. The molecule has 0 N–H and O–H groups in total. The Bertz CT molecular complexity index is 928. The van der Waals surface area contributed by atoms with Gasteiger partial charge in [0.25, 0.3) is 5.91 Å². The van der Waals surface area contributed by atoms with Gasteiger partial charge in [-0.2, -0.15) is 0 Å². The van der Waals surface area contributed by atoms with Crippen LogP contribution in [-0.2, 0) is 4.79 Å². The summed E-state index contributed by atoms with van der Waals surface area (Å²) in [5.41, 5.74) is 1.05. The zero-order chi connectivity index (χ0) is 17.3. The molecule has 0 aliphatic rings. The summed E-state index contributed by atoms with van der Waals surface area (Å²) in [5.74, 6) is 0.203. The highest BCUT2D eigenvalue weighted by Crippen LogP contribution is 2.32. The fourth-order valence-corrected chi connectivity index (χ4v) is 2.56. The lowest BCUT2D eigenvalue weighted by Gasteiger charge is -2.05. The summed E-state index contributed by atoms with van der Waals surface area (Å²) >= 11 is 5.87. The summed E-state index contributed by atoms with van der Waals surface area (Å²) < 4.78 is 11.9. The van der Waals surface area contributed by atoms with Crippen molar-refractivity contribution in [2.45, 2.75) is 6.92 Å². The Morgan fingerprint density at radius 2 is 1.79 bits per heavy atom. The molecular formula is C18H14ClNO4. The number of hydrogen-bond acceptors (Lipinski definition) is 4. The third-order valence-electron chi connectivity index (χ3n) is 3.54. The molecule has 0 radical (unpaired) electrons. The fourth-order valence-electron chi connectivity index (χ4n) is 2.44. The highest BCUT2D eigenvalue weighted by molar-refractivity contribution is 6.30. The van der Waals surface area contributed by atoms with Gasteiger partial charge in [0.05, 0.1) is 18.8 Å². The molecule has 122 valence electrons. The van der Waals surface area contributed by atoms with Gasteiger partial charge in [0.15, 0.2) is 5.75 Å². The lowest BCUT2D eigenvalue weighted by atomic mass is 10.2. The standard InChI is InChI=1S/C18H14ClNO4/c1-11(21)24-17-10-20(16-9-14(23-2)7-8-15(16)17)18(22)12-3-5-13(19)6-4-12/h3-10H,1-2H3. The van der Waals surface area contributed by atoms with Crippen LogP contribution in [-0.4, -0.2) is 23.6 Å². The molecule has 2 aromatic carbocycles. The molecule has 0 spiro atoms. The molecule has 3 rings (SSSR count). The van der Waals surface area contributed by atoms with Crippen molar-refractivity contribution in [3.05, 3.63) is 59.2 Å². The smallest absolute Gasteiger partial charge is 0.308 e. The van der Waals surface area contributed by atoms with Gasteiger partial charge in [0.2, 0.25) is 0 Å². The Kier molecular flexibility index (Phi) is 4.27. The first-order chi connectivity index (χ1) is 11.5. The summed E-state index contributed by atoms with van der Waals surface area (Å²) in [6.45, 7) is 1.31. The molecule has 0 aliphatic carbocycles. The van der Waals surface area contributed by atoms with Gasteiger partial charge in [-0.15, -0.1) is 0 Å². The molecule has 1 aromatic heterocycles. The van der Waals surface area contributed by atoms with E-state index in [0.29, 0.717) is 33.0 Å². The second-order valence-corrected chi connectivity index (χ2v) is 5.59. The van der Waals surface area contributed by atoms with Crippen LogP contribution in [0.5, 0.6) is 11.5 Å². The number of carbonyl (C=O) groups excluding carboxylic acids is 2. The molecule has 0 amide bonds. The third-order valence-corrected chi connectivity index (χ3v) is 3.79. The van der Waals surface area contributed by atoms with Crippen LogP contribution >= 0.6 is 11.6 Å². The maximum absolute atomic E-state index is 12.8. The number of methoxy groups -OCH3 is 1. The second-order valence-electron chi connectivity index (χ2n) is 5.15. The maximum Gasteiger partial charge on any atom is 0.308 e. The second kappa shape index (κ2) is 6.37. The van der Waals surface area contributed by atoms with Crippen molar-refractivity contribution in [3.63, 3.8) is 0 Å². The Balaban J connectivity index is 2.16. The zero-order valence-electron chi connectivity index (χ0n) is 13.1. The van der Waals surface area contributed by atoms with E-state index >= 15 is 0 Å². The minimum atomic E-state index is -0.455. The van der Waals surface area contributed by atoms with Gasteiger partial charge < -0.3 is 9.47 Å². The molecule has 24 heavy (non-hydrogen) atoms. The minimum absolute atomic E-state index is 0.261. The van der Waals surface area contributed by atoms with Crippen molar-refractivity contribution < 1.29 is 19.1 Å². The van der Waals surface area contributed by atoms with Crippen LogP contribution < -0.4 is 9.47 Å². The normalized spacial score (nSPS) is 10.6. The van der Waals surface area contributed by atoms with E-state index in [-0.39, 0.29) is 5.91 Å². The summed E-state index contributed by atoms with van der Waals surface area (Å²) in [5, 5.41) is 1.19. The first kappa shape index (κ1) is 16.1.